The average molecular weight is 261 g/mol. The minimum atomic E-state index is -0.374. The molecule has 0 aromatic heterocycles. The maximum atomic E-state index is 12.2. The summed E-state index contributed by atoms with van der Waals surface area (Å²) in [6, 6.07) is 6.75. The quantitative estimate of drug-likeness (QED) is 0.851. The summed E-state index contributed by atoms with van der Waals surface area (Å²) in [5.41, 5.74) is 0.944. The number of esters is 1. The zero-order valence-corrected chi connectivity index (χ0v) is 11.4. The molecule has 0 atom stereocenters. The van der Waals surface area contributed by atoms with Crippen molar-refractivity contribution < 1.29 is 14.3 Å². The first kappa shape index (κ1) is 13.6. The van der Waals surface area contributed by atoms with E-state index in [0.717, 1.165) is 25.7 Å². The van der Waals surface area contributed by atoms with Crippen molar-refractivity contribution in [1.82, 2.24) is 0 Å². The highest BCUT2D eigenvalue weighted by Gasteiger charge is 2.36. The molecule has 1 aromatic carbocycles. The second kappa shape index (κ2) is 5.43. The topological polar surface area (TPSA) is 55.4 Å². The van der Waals surface area contributed by atoms with Gasteiger partial charge in [0, 0.05) is 11.1 Å². The Morgan fingerprint density at radius 2 is 1.74 bits per heavy atom. The Morgan fingerprint density at radius 1 is 1.16 bits per heavy atom. The first-order valence-corrected chi connectivity index (χ1v) is 6.55. The molecule has 2 rings (SSSR count). The molecule has 0 unspecified atom stereocenters. The summed E-state index contributed by atoms with van der Waals surface area (Å²) in [4.78, 5) is 23.5. The molecule has 102 valence electrons. The lowest BCUT2D eigenvalue weighted by Crippen LogP contribution is -2.30. The van der Waals surface area contributed by atoms with Gasteiger partial charge in [-0.3, -0.25) is 4.79 Å². The molecule has 1 saturated carbocycles. The van der Waals surface area contributed by atoms with Gasteiger partial charge in [-0.1, -0.05) is 19.8 Å². The number of carbonyl (C=O) groups excluding carboxylic acids is 2. The van der Waals surface area contributed by atoms with Crippen molar-refractivity contribution >= 4 is 17.6 Å². The first-order valence-electron chi connectivity index (χ1n) is 6.55. The normalized spacial score (nSPS) is 16.9. The molecule has 1 N–H and O–H groups in total. The molecule has 1 aliphatic carbocycles. The van der Waals surface area contributed by atoms with Gasteiger partial charge in [0.15, 0.2) is 0 Å². The Hall–Kier alpha value is -1.84. The van der Waals surface area contributed by atoms with Crippen molar-refractivity contribution in [2.45, 2.75) is 32.6 Å². The molecule has 1 aliphatic rings. The van der Waals surface area contributed by atoms with Crippen LogP contribution in [0, 0.1) is 5.41 Å². The number of carbonyl (C=O) groups is 2. The van der Waals surface area contributed by atoms with Crippen molar-refractivity contribution in [3.63, 3.8) is 0 Å². The zero-order chi connectivity index (χ0) is 13.9. The van der Waals surface area contributed by atoms with E-state index in [0.29, 0.717) is 11.3 Å². The Kier molecular flexibility index (Phi) is 3.88. The molecule has 4 heteroatoms. The molecule has 0 aliphatic heterocycles. The molecule has 0 heterocycles. The van der Waals surface area contributed by atoms with E-state index in [4.69, 9.17) is 0 Å². The Balaban J connectivity index is 2.03. The largest absolute Gasteiger partial charge is 0.465 e. The van der Waals surface area contributed by atoms with Crippen LogP contribution in [-0.2, 0) is 9.53 Å². The van der Waals surface area contributed by atoms with E-state index in [2.05, 4.69) is 10.1 Å². The molecule has 1 aromatic rings. The molecule has 0 radical (unpaired) electrons. The van der Waals surface area contributed by atoms with E-state index in [1.807, 2.05) is 6.92 Å². The number of benzene rings is 1. The highest BCUT2D eigenvalue weighted by molar-refractivity contribution is 5.96. The predicted octanol–water partition coefficient (Wildman–Crippen LogP) is 2.99. The highest BCUT2D eigenvalue weighted by Crippen LogP contribution is 2.38. The molecule has 0 bridgehead atoms. The van der Waals surface area contributed by atoms with Gasteiger partial charge in [-0.2, -0.15) is 0 Å². The Labute approximate surface area is 113 Å². The van der Waals surface area contributed by atoms with E-state index in [1.165, 1.54) is 7.11 Å². The summed E-state index contributed by atoms with van der Waals surface area (Å²) in [5.74, 6) is -0.309. The maximum Gasteiger partial charge on any atom is 0.337 e. The third-order valence-electron chi connectivity index (χ3n) is 3.82. The first-order chi connectivity index (χ1) is 9.05. The SMILES string of the molecule is COC(=O)c1ccc(NC(=O)C2(C)CCCC2)cc1. The van der Waals surface area contributed by atoms with E-state index in [-0.39, 0.29) is 17.3 Å². The van der Waals surface area contributed by atoms with Crippen molar-refractivity contribution in [3.05, 3.63) is 29.8 Å². The van der Waals surface area contributed by atoms with Crippen LogP contribution in [0.1, 0.15) is 43.0 Å². The Bertz CT molecular complexity index is 473. The lowest BCUT2D eigenvalue weighted by Gasteiger charge is -2.22. The van der Waals surface area contributed by atoms with Gasteiger partial charge in [-0.05, 0) is 37.1 Å². The second-order valence-corrected chi connectivity index (χ2v) is 5.29. The van der Waals surface area contributed by atoms with Crippen LogP contribution in [0.4, 0.5) is 5.69 Å². The summed E-state index contributed by atoms with van der Waals surface area (Å²) < 4.78 is 4.63. The second-order valence-electron chi connectivity index (χ2n) is 5.29. The van der Waals surface area contributed by atoms with E-state index in [9.17, 15) is 9.59 Å². The number of hydrogen-bond donors (Lipinski definition) is 1. The van der Waals surface area contributed by atoms with E-state index < -0.39 is 0 Å². The van der Waals surface area contributed by atoms with Crippen molar-refractivity contribution in [3.8, 4) is 0 Å². The fourth-order valence-electron chi connectivity index (χ4n) is 2.47. The van der Waals surface area contributed by atoms with Gasteiger partial charge in [0.2, 0.25) is 5.91 Å². The highest BCUT2D eigenvalue weighted by atomic mass is 16.5. The molecule has 0 saturated heterocycles. The summed E-state index contributed by atoms with van der Waals surface area (Å²) in [6.07, 6.45) is 4.12. The fraction of sp³-hybridized carbons (Fsp3) is 0.467. The standard InChI is InChI=1S/C15H19NO3/c1-15(9-3-4-10-15)14(18)16-12-7-5-11(6-8-12)13(17)19-2/h5-8H,3-4,9-10H2,1-2H3,(H,16,18). The molecular weight excluding hydrogens is 242 g/mol. The number of nitrogens with one attached hydrogen (secondary N) is 1. The molecule has 1 amide bonds. The van der Waals surface area contributed by atoms with Crippen LogP contribution in [-0.4, -0.2) is 19.0 Å². The van der Waals surface area contributed by atoms with Gasteiger partial charge < -0.3 is 10.1 Å². The molecule has 0 spiro atoms. The van der Waals surface area contributed by atoms with Crippen LogP contribution in [0.2, 0.25) is 0 Å². The number of rotatable bonds is 3. The smallest absolute Gasteiger partial charge is 0.337 e. The van der Waals surface area contributed by atoms with Crippen LogP contribution in [0.5, 0.6) is 0 Å². The fourth-order valence-corrected chi connectivity index (χ4v) is 2.47. The maximum absolute atomic E-state index is 12.2. The third-order valence-corrected chi connectivity index (χ3v) is 3.82. The molecule has 19 heavy (non-hydrogen) atoms. The van der Waals surface area contributed by atoms with Crippen LogP contribution in [0.15, 0.2) is 24.3 Å². The number of hydrogen-bond acceptors (Lipinski definition) is 3. The Morgan fingerprint density at radius 3 is 2.26 bits per heavy atom. The summed E-state index contributed by atoms with van der Waals surface area (Å²) in [7, 11) is 1.35. The summed E-state index contributed by atoms with van der Waals surface area (Å²) >= 11 is 0. The van der Waals surface area contributed by atoms with E-state index >= 15 is 0 Å². The minimum absolute atomic E-state index is 0.0656. The van der Waals surface area contributed by atoms with Crippen LogP contribution in [0.3, 0.4) is 0 Å². The zero-order valence-electron chi connectivity index (χ0n) is 11.4. The average Bonchev–Trinajstić information content (AvgIpc) is 2.87. The van der Waals surface area contributed by atoms with Gasteiger partial charge in [0.1, 0.15) is 0 Å². The number of anilines is 1. The van der Waals surface area contributed by atoms with E-state index in [1.54, 1.807) is 24.3 Å². The lowest BCUT2D eigenvalue weighted by molar-refractivity contribution is -0.124. The van der Waals surface area contributed by atoms with Gasteiger partial charge in [-0.15, -0.1) is 0 Å². The van der Waals surface area contributed by atoms with Crippen molar-refractivity contribution in [1.29, 1.82) is 0 Å². The molecule has 4 nitrogen and oxygen atoms in total. The number of methoxy groups -OCH3 is 1. The van der Waals surface area contributed by atoms with Crippen LogP contribution >= 0.6 is 0 Å². The molecular formula is C15H19NO3. The molecule has 1 fully saturated rings. The van der Waals surface area contributed by atoms with Gasteiger partial charge in [0.25, 0.3) is 0 Å². The minimum Gasteiger partial charge on any atom is -0.465 e. The van der Waals surface area contributed by atoms with Crippen molar-refractivity contribution in [2.24, 2.45) is 5.41 Å². The summed E-state index contributed by atoms with van der Waals surface area (Å²) in [5, 5.41) is 2.92. The van der Waals surface area contributed by atoms with Crippen LogP contribution in [0.25, 0.3) is 0 Å². The number of amides is 1. The number of ether oxygens (including phenoxy) is 1. The van der Waals surface area contributed by atoms with Crippen molar-refractivity contribution in [2.75, 3.05) is 12.4 Å². The summed E-state index contributed by atoms with van der Waals surface area (Å²) in [6.45, 7) is 2.01. The lowest BCUT2D eigenvalue weighted by atomic mass is 9.88. The monoisotopic (exact) mass is 261 g/mol. The third kappa shape index (κ3) is 2.95. The van der Waals surface area contributed by atoms with Gasteiger partial charge >= 0.3 is 5.97 Å². The van der Waals surface area contributed by atoms with Crippen LogP contribution < -0.4 is 5.32 Å². The predicted molar refractivity (Wildman–Crippen MR) is 73.0 cm³/mol. The van der Waals surface area contributed by atoms with Gasteiger partial charge in [-0.25, -0.2) is 4.79 Å². The van der Waals surface area contributed by atoms with Gasteiger partial charge in [0.05, 0.1) is 12.7 Å².